The van der Waals surface area contributed by atoms with Gasteiger partial charge in [0, 0.05) is 57.3 Å². The van der Waals surface area contributed by atoms with Crippen molar-refractivity contribution >= 4 is 23.7 Å². The number of unbranched alkanes of at least 4 members (excludes halogenated alkanes) is 11. The number of aryl methyl sites for hydroxylation is 2. The van der Waals surface area contributed by atoms with Crippen molar-refractivity contribution in [3.8, 4) is 0 Å². The van der Waals surface area contributed by atoms with Gasteiger partial charge < -0.3 is 34.6 Å². The summed E-state index contributed by atoms with van der Waals surface area (Å²) >= 11 is 1.55. The first kappa shape index (κ1) is 56.3. The van der Waals surface area contributed by atoms with Gasteiger partial charge in [0.15, 0.2) is 0 Å². The molecule has 0 heterocycles. The number of thioether (sulfide) groups is 1. The van der Waals surface area contributed by atoms with Crippen molar-refractivity contribution in [2.45, 2.75) is 169 Å². The third kappa shape index (κ3) is 28.1. The molecule has 1 aromatic carbocycles. The number of aliphatic hydroxyl groups excluding tert-OH is 3. The first-order valence-corrected chi connectivity index (χ1v) is 25.4. The molecule has 1 rings (SSSR count). The molecular weight excluding hydrogens is 775 g/mol. The normalized spacial score (nSPS) is 13.3. The number of rotatable bonds is 41. The molecule has 0 radical (unpaired) electrons. The van der Waals surface area contributed by atoms with E-state index >= 15 is 0 Å². The van der Waals surface area contributed by atoms with Crippen LogP contribution in [0.5, 0.6) is 0 Å². The lowest BCUT2D eigenvalue weighted by molar-refractivity contribution is -0.149. The molecule has 350 valence electrons. The van der Waals surface area contributed by atoms with E-state index in [1.807, 2.05) is 24.1 Å². The lowest BCUT2D eigenvalue weighted by Gasteiger charge is -2.31. The number of carbonyl (C=O) groups excluding carboxylic acids is 2. The van der Waals surface area contributed by atoms with Crippen molar-refractivity contribution < 1.29 is 34.4 Å². The van der Waals surface area contributed by atoms with E-state index in [1.54, 1.807) is 11.8 Å². The SMILES string of the molecule is CCCCCCCCC(CCCCCC)C(=O)OCCN(C)CC(O)CN(CCN(CC)CCO)CC(O)CSCCOC(=O)c1ccc(CCCCC)c(CCCC)c1. The molecule has 60 heavy (non-hydrogen) atoms. The number of likely N-dealkylation sites (N-methyl/N-ethyl adjacent to an activating group) is 2. The number of aliphatic hydroxyl groups is 3. The third-order valence-corrected chi connectivity index (χ3v) is 12.6. The molecule has 10 nitrogen and oxygen atoms in total. The highest BCUT2D eigenvalue weighted by Crippen LogP contribution is 2.21. The second kappa shape index (κ2) is 37.8. The fourth-order valence-electron chi connectivity index (χ4n) is 7.71. The molecule has 1 aromatic rings. The quantitative estimate of drug-likeness (QED) is 0.0433. The minimum atomic E-state index is -0.662. The summed E-state index contributed by atoms with van der Waals surface area (Å²) in [6.45, 7) is 16.0. The highest BCUT2D eigenvalue weighted by Gasteiger charge is 2.21. The molecule has 3 unspecified atom stereocenters. The fourth-order valence-corrected chi connectivity index (χ4v) is 8.46. The summed E-state index contributed by atoms with van der Waals surface area (Å²) in [6, 6.07) is 6.03. The van der Waals surface area contributed by atoms with Gasteiger partial charge in [-0.25, -0.2) is 4.79 Å². The maximum atomic E-state index is 13.1. The Labute approximate surface area is 371 Å². The van der Waals surface area contributed by atoms with Crippen LogP contribution in [0.15, 0.2) is 18.2 Å². The molecule has 0 amide bonds. The molecule has 0 spiro atoms. The highest BCUT2D eigenvalue weighted by molar-refractivity contribution is 7.99. The molecule has 0 saturated heterocycles. The summed E-state index contributed by atoms with van der Waals surface area (Å²) in [5, 5.41) is 31.8. The third-order valence-electron chi connectivity index (χ3n) is 11.5. The van der Waals surface area contributed by atoms with E-state index < -0.39 is 12.2 Å². The average Bonchev–Trinajstić information content (AvgIpc) is 3.23. The van der Waals surface area contributed by atoms with Crippen molar-refractivity contribution in [2.75, 3.05) is 90.7 Å². The smallest absolute Gasteiger partial charge is 0.338 e. The van der Waals surface area contributed by atoms with Crippen LogP contribution in [-0.4, -0.2) is 145 Å². The first-order valence-electron chi connectivity index (χ1n) is 24.2. The van der Waals surface area contributed by atoms with E-state index in [9.17, 15) is 24.9 Å². The Hall–Kier alpha value is -1.73. The van der Waals surface area contributed by atoms with Crippen molar-refractivity contribution in [1.29, 1.82) is 0 Å². The monoisotopic (exact) mass is 866 g/mol. The minimum Gasteiger partial charge on any atom is -0.464 e. The van der Waals surface area contributed by atoms with Crippen LogP contribution >= 0.6 is 11.8 Å². The van der Waals surface area contributed by atoms with Gasteiger partial charge in [0.2, 0.25) is 0 Å². The maximum absolute atomic E-state index is 13.1. The highest BCUT2D eigenvalue weighted by atomic mass is 32.2. The van der Waals surface area contributed by atoms with Gasteiger partial charge in [0.25, 0.3) is 0 Å². The van der Waals surface area contributed by atoms with Gasteiger partial charge in [-0.1, -0.05) is 124 Å². The molecule has 3 N–H and O–H groups in total. The van der Waals surface area contributed by atoms with E-state index in [0.717, 1.165) is 70.8 Å². The molecule has 0 aliphatic rings. The predicted octanol–water partition coefficient (Wildman–Crippen LogP) is 8.80. The molecule has 0 saturated carbocycles. The van der Waals surface area contributed by atoms with Crippen LogP contribution in [-0.2, 0) is 27.1 Å². The average molecular weight is 866 g/mol. The minimum absolute atomic E-state index is 0.0305. The summed E-state index contributed by atoms with van der Waals surface area (Å²) < 4.78 is 11.5. The summed E-state index contributed by atoms with van der Waals surface area (Å²) in [5.41, 5.74) is 3.21. The number of carbonyl (C=O) groups is 2. The number of esters is 2. The van der Waals surface area contributed by atoms with Crippen LogP contribution in [0.2, 0.25) is 0 Å². The van der Waals surface area contributed by atoms with Crippen LogP contribution in [0.4, 0.5) is 0 Å². The lowest BCUT2D eigenvalue weighted by Crippen LogP contribution is -2.46. The van der Waals surface area contributed by atoms with Gasteiger partial charge in [-0.05, 0) is 75.4 Å². The molecule has 0 bridgehead atoms. The first-order chi connectivity index (χ1) is 29.1. The standard InChI is InChI=1S/C49H91N3O7S/c1-7-12-16-18-19-22-26-43(25-21-17-13-8-2)48(56)58-34-32-50(6)38-46(54)39-52(30-29-51(11-5)31-33-53)40-47(55)41-60-36-35-59-49(57)45-28-27-42(24-20-14-9-3)44(37-45)23-15-10-4/h27-28,37,43,46-47,53-55H,7-26,29-36,38-41H2,1-6H3. The molecule has 3 atom stereocenters. The Bertz CT molecular complexity index is 1190. The Morgan fingerprint density at radius 2 is 1.25 bits per heavy atom. The van der Waals surface area contributed by atoms with Crippen molar-refractivity contribution in [1.82, 2.24) is 14.7 Å². The van der Waals surface area contributed by atoms with Gasteiger partial charge in [0.05, 0.1) is 30.3 Å². The maximum Gasteiger partial charge on any atom is 0.338 e. The summed E-state index contributed by atoms with van der Waals surface area (Å²) in [6.07, 6.45) is 20.2. The second-order valence-electron chi connectivity index (χ2n) is 17.0. The summed E-state index contributed by atoms with van der Waals surface area (Å²) in [4.78, 5) is 32.3. The molecule has 0 aliphatic carbocycles. The van der Waals surface area contributed by atoms with Gasteiger partial charge in [-0.3, -0.25) is 9.69 Å². The van der Waals surface area contributed by atoms with E-state index in [1.165, 1.54) is 68.9 Å². The van der Waals surface area contributed by atoms with Crippen LogP contribution in [0.25, 0.3) is 0 Å². The molecule has 11 heteroatoms. The molecular formula is C49H91N3O7S. The summed E-state index contributed by atoms with van der Waals surface area (Å²) in [5.74, 6) is 0.656. The Morgan fingerprint density at radius 1 is 0.650 bits per heavy atom. The fraction of sp³-hybridized carbons (Fsp3) is 0.837. The Kier molecular flexibility index (Phi) is 35.5. The van der Waals surface area contributed by atoms with Crippen LogP contribution in [0.3, 0.4) is 0 Å². The zero-order valence-electron chi connectivity index (χ0n) is 39.3. The Morgan fingerprint density at radius 3 is 1.92 bits per heavy atom. The van der Waals surface area contributed by atoms with E-state index in [4.69, 9.17) is 9.47 Å². The van der Waals surface area contributed by atoms with Crippen LogP contribution in [0.1, 0.15) is 165 Å². The number of nitrogens with zero attached hydrogens (tertiary/aromatic N) is 3. The number of hydrogen-bond acceptors (Lipinski definition) is 11. The van der Waals surface area contributed by atoms with Crippen LogP contribution < -0.4 is 0 Å². The molecule has 0 fully saturated rings. The number of hydrogen-bond donors (Lipinski definition) is 3. The van der Waals surface area contributed by atoms with E-state index in [0.29, 0.717) is 69.5 Å². The van der Waals surface area contributed by atoms with E-state index in [2.05, 4.69) is 50.5 Å². The van der Waals surface area contributed by atoms with Crippen molar-refractivity contribution in [3.63, 3.8) is 0 Å². The lowest BCUT2D eigenvalue weighted by atomic mass is 9.94. The van der Waals surface area contributed by atoms with Gasteiger partial charge in [0.1, 0.15) is 13.2 Å². The predicted molar refractivity (Wildman–Crippen MR) is 252 cm³/mol. The van der Waals surface area contributed by atoms with Gasteiger partial charge in [-0.15, -0.1) is 0 Å². The van der Waals surface area contributed by atoms with E-state index in [-0.39, 0.29) is 31.1 Å². The summed E-state index contributed by atoms with van der Waals surface area (Å²) in [7, 11) is 1.94. The van der Waals surface area contributed by atoms with Crippen LogP contribution in [0, 0.1) is 5.92 Å². The van der Waals surface area contributed by atoms with Crippen molar-refractivity contribution in [2.24, 2.45) is 5.92 Å². The molecule has 0 aliphatic heterocycles. The second-order valence-corrected chi connectivity index (χ2v) is 18.2. The topological polar surface area (TPSA) is 123 Å². The van der Waals surface area contributed by atoms with Gasteiger partial charge >= 0.3 is 11.9 Å². The molecule has 0 aromatic heterocycles. The number of ether oxygens (including phenoxy) is 2. The van der Waals surface area contributed by atoms with Crippen molar-refractivity contribution in [3.05, 3.63) is 34.9 Å². The largest absolute Gasteiger partial charge is 0.464 e. The van der Waals surface area contributed by atoms with Gasteiger partial charge in [-0.2, -0.15) is 11.8 Å². The Balaban J connectivity index is 2.64. The zero-order chi connectivity index (χ0) is 44.2. The number of benzene rings is 1. The zero-order valence-corrected chi connectivity index (χ0v) is 40.1.